The molecule has 0 aliphatic carbocycles. The third-order valence-corrected chi connectivity index (χ3v) is 2.01. The Bertz CT molecular complexity index is 365. The quantitative estimate of drug-likeness (QED) is 0.573. The Hall–Kier alpha value is -1.83. The van der Waals surface area contributed by atoms with Gasteiger partial charge in [-0.15, -0.1) is 11.3 Å². The topological polar surface area (TPSA) is 71.4 Å². The van der Waals surface area contributed by atoms with Crippen molar-refractivity contribution in [3.63, 3.8) is 0 Å². The van der Waals surface area contributed by atoms with Crippen LogP contribution in [-0.2, 0) is 0 Å². The Labute approximate surface area is 67.3 Å². The van der Waals surface area contributed by atoms with Crippen molar-refractivity contribution in [2.75, 3.05) is 0 Å². The lowest BCUT2D eigenvalue weighted by molar-refractivity contribution is 1.47. The maximum absolute atomic E-state index is 8.46. The first-order valence-electron chi connectivity index (χ1n) is 2.66. The molecule has 0 unspecified atom stereocenters. The van der Waals surface area contributed by atoms with Gasteiger partial charge in [0.05, 0.1) is 5.56 Å². The van der Waals surface area contributed by atoms with Crippen molar-refractivity contribution in [3.05, 3.63) is 21.4 Å². The van der Waals surface area contributed by atoms with E-state index in [-0.39, 0.29) is 5.56 Å². The average molecular weight is 159 g/mol. The van der Waals surface area contributed by atoms with Gasteiger partial charge in [0.1, 0.15) is 28.0 Å². The van der Waals surface area contributed by atoms with Crippen LogP contribution in [0.2, 0.25) is 0 Å². The van der Waals surface area contributed by atoms with Gasteiger partial charge in [-0.3, -0.25) is 0 Å². The minimum absolute atomic E-state index is 0.286. The van der Waals surface area contributed by atoms with Crippen molar-refractivity contribution in [3.8, 4) is 18.2 Å². The minimum atomic E-state index is 0.286. The summed E-state index contributed by atoms with van der Waals surface area (Å²) in [6.45, 7) is 0. The maximum atomic E-state index is 8.46. The van der Waals surface area contributed by atoms with Gasteiger partial charge in [-0.05, 0) is 6.07 Å². The van der Waals surface area contributed by atoms with Crippen LogP contribution < -0.4 is 0 Å². The summed E-state index contributed by atoms with van der Waals surface area (Å²) in [5.41, 5.74) is 0.286. The molecule has 0 aliphatic heterocycles. The van der Waals surface area contributed by atoms with Gasteiger partial charge in [-0.2, -0.15) is 15.8 Å². The van der Waals surface area contributed by atoms with E-state index in [9.17, 15) is 0 Å². The van der Waals surface area contributed by atoms with Crippen LogP contribution in [-0.4, -0.2) is 0 Å². The van der Waals surface area contributed by atoms with Crippen LogP contribution in [0.5, 0.6) is 0 Å². The zero-order valence-corrected chi connectivity index (χ0v) is 6.14. The smallest absolute Gasteiger partial charge is 0.123 e. The van der Waals surface area contributed by atoms with Crippen LogP contribution in [0.25, 0.3) is 0 Å². The lowest BCUT2D eigenvalue weighted by Gasteiger charge is -1.73. The maximum Gasteiger partial charge on any atom is 0.123 e. The first kappa shape index (κ1) is 7.28. The van der Waals surface area contributed by atoms with Crippen molar-refractivity contribution < 1.29 is 0 Å². The van der Waals surface area contributed by atoms with E-state index in [2.05, 4.69) is 0 Å². The number of thiophene rings is 1. The largest absolute Gasteiger partial charge is 0.192 e. The Balaban J connectivity index is 3.32. The van der Waals surface area contributed by atoms with E-state index in [1.807, 2.05) is 18.2 Å². The van der Waals surface area contributed by atoms with Gasteiger partial charge in [-0.1, -0.05) is 0 Å². The highest BCUT2D eigenvalue weighted by molar-refractivity contribution is 7.13. The second-order valence-electron chi connectivity index (χ2n) is 1.69. The SMILES string of the molecule is N#Cc1cc(C#N)c(C#N)s1. The lowest BCUT2D eigenvalue weighted by Crippen LogP contribution is -1.69. The van der Waals surface area contributed by atoms with E-state index in [1.165, 1.54) is 6.07 Å². The molecule has 0 amide bonds. The summed E-state index contributed by atoms with van der Waals surface area (Å²) in [7, 11) is 0. The number of nitrogens with zero attached hydrogens (tertiary/aromatic N) is 3. The van der Waals surface area contributed by atoms with E-state index in [0.717, 1.165) is 11.3 Å². The van der Waals surface area contributed by atoms with Crippen LogP contribution in [0.4, 0.5) is 0 Å². The molecule has 0 fully saturated rings. The molecule has 0 aliphatic rings. The Morgan fingerprint density at radius 1 is 1.09 bits per heavy atom. The van der Waals surface area contributed by atoms with Gasteiger partial charge in [0, 0.05) is 0 Å². The molecule has 4 heteroatoms. The standard InChI is InChI=1S/C7HN3S/c8-2-5-1-6(3-9)11-7(5)4-10/h1H. The predicted molar refractivity (Wildman–Crippen MR) is 38.5 cm³/mol. The first-order chi connectivity index (χ1) is 5.31. The molecule has 0 bridgehead atoms. The van der Waals surface area contributed by atoms with Gasteiger partial charge in [0.2, 0.25) is 0 Å². The van der Waals surface area contributed by atoms with Crippen molar-refractivity contribution in [1.29, 1.82) is 15.8 Å². The average Bonchev–Trinajstić information content (AvgIpc) is 2.46. The molecule has 1 rings (SSSR count). The molecule has 0 aromatic carbocycles. The molecule has 3 nitrogen and oxygen atoms in total. The van der Waals surface area contributed by atoms with Gasteiger partial charge in [0.25, 0.3) is 0 Å². The number of hydrogen-bond acceptors (Lipinski definition) is 4. The highest BCUT2D eigenvalue weighted by Crippen LogP contribution is 2.19. The molecule has 0 saturated carbocycles. The number of nitriles is 3. The summed E-state index contributed by atoms with van der Waals surface area (Å²) in [5.74, 6) is 0. The van der Waals surface area contributed by atoms with Crippen molar-refractivity contribution >= 4 is 11.3 Å². The first-order valence-corrected chi connectivity index (χ1v) is 3.47. The van der Waals surface area contributed by atoms with Crippen LogP contribution in [0, 0.1) is 34.0 Å². The third-order valence-electron chi connectivity index (χ3n) is 1.06. The normalized spacial score (nSPS) is 7.73. The highest BCUT2D eigenvalue weighted by Gasteiger charge is 2.06. The summed E-state index contributed by atoms with van der Waals surface area (Å²) in [5, 5.41) is 25.3. The molecule has 0 radical (unpaired) electrons. The molecule has 1 aromatic heterocycles. The molecule has 0 N–H and O–H groups in total. The molecular formula is C7HN3S. The van der Waals surface area contributed by atoms with Crippen LogP contribution in [0.1, 0.15) is 15.3 Å². The summed E-state index contributed by atoms with van der Waals surface area (Å²) < 4.78 is 0. The van der Waals surface area contributed by atoms with Crippen molar-refractivity contribution in [1.82, 2.24) is 0 Å². The van der Waals surface area contributed by atoms with E-state index in [0.29, 0.717) is 9.75 Å². The van der Waals surface area contributed by atoms with E-state index < -0.39 is 0 Å². The molecule has 0 spiro atoms. The molecule has 0 saturated heterocycles. The van der Waals surface area contributed by atoms with E-state index in [4.69, 9.17) is 15.8 Å². The third kappa shape index (κ3) is 1.19. The highest BCUT2D eigenvalue weighted by atomic mass is 32.1. The fraction of sp³-hybridized carbons (Fsp3) is 0. The van der Waals surface area contributed by atoms with Crippen molar-refractivity contribution in [2.45, 2.75) is 0 Å². The van der Waals surface area contributed by atoms with Gasteiger partial charge in [-0.25, -0.2) is 0 Å². The summed E-state index contributed by atoms with van der Waals surface area (Å²) in [6.07, 6.45) is 0. The van der Waals surface area contributed by atoms with Crippen LogP contribution >= 0.6 is 11.3 Å². The van der Waals surface area contributed by atoms with E-state index in [1.54, 1.807) is 0 Å². The second kappa shape index (κ2) is 2.84. The Morgan fingerprint density at radius 2 is 1.82 bits per heavy atom. The zero-order chi connectivity index (χ0) is 8.27. The van der Waals surface area contributed by atoms with Crippen molar-refractivity contribution in [2.24, 2.45) is 0 Å². The Morgan fingerprint density at radius 3 is 2.18 bits per heavy atom. The molecule has 1 heterocycles. The molecule has 11 heavy (non-hydrogen) atoms. The summed E-state index contributed by atoms with van der Waals surface area (Å²) >= 11 is 1.04. The lowest BCUT2D eigenvalue weighted by atomic mass is 10.3. The predicted octanol–water partition coefficient (Wildman–Crippen LogP) is 1.36. The second-order valence-corrected chi connectivity index (χ2v) is 2.74. The monoisotopic (exact) mass is 159 g/mol. The number of hydrogen-bond donors (Lipinski definition) is 0. The molecular weight excluding hydrogens is 158 g/mol. The van der Waals surface area contributed by atoms with Gasteiger partial charge in [0.15, 0.2) is 0 Å². The van der Waals surface area contributed by atoms with E-state index >= 15 is 0 Å². The fourth-order valence-corrected chi connectivity index (χ4v) is 1.31. The fourth-order valence-electron chi connectivity index (χ4n) is 0.612. The van der Waals surface area contributed by atoms with Gasteiger partial charge < -0.3 is 0 Å². The molecule has 0 atom stereocenters. The van der Waals surface area contributed by atoms with Crippen LogP contribution in [0.3, 0.4) is 0 Å². The van der Waals surface area contributed by atoms with Gasteiger partial charge >= 0.3 is 0 Å². The minimum Gasteiger partial charge on any atom is -0.192 e. The van der Waals surface area contributed by atoms with Crippen LogP contribution in [0.15, 0.2) is 6.07 Å². The molecule has 1 aromatic rings. The summed E-state index contributed by atoms with van der Waals surface area (Å²) in [6, 6.07) is 6.98. The summed E-state index contributed by atoms with van der Waals surface area (Å²) in [4.78, 5) is 0.710. The Kier molecular flexibility index (Phi) is 1.88. The zero-order valence-electron chi connectivity index (χ0n) is 5.33. The molecule has 50 valence electrons. The number of rotatable bonds is 0.